The number of allylic oxidation sites excluding steroid dienone is 4. The summed E-state index contributed by atoms with van der Waals surface area (Å²) in [7, 11) is 0. The molecule has 5 nitrogen and oxygen atoms in total. The fourth-order valence-electron chi connectivity index (χ4n) is 7.26. The van der Waals surface area contributed by atoms with Crippen molar-refractivity contribution in [2.45, 2.75) is 63.8 Å². The fraction of sp³-hybridized carbons (Fsp3) is 0.727. The minimum atomic E-state index is -1.98. The second-order valence-corrected chi connectivity index (χ2v) is 9.75. The van der Waals surface area contributed by atoms with Crippen LogP contribution in [0.5, 0.6) is 0 Å². The number of fused-ring (bicyclic) bond motifs is 5. The van der Waals surface area contributed by atoms with Gasteiger partial charge in [0.2, 0.25) is 0 Å². The van der Waals surface area contributed by atoms with Crippen LogP contribution < -0.4 is 0 Å². The number of aliphatic hydroxyl groups is 3. The van der Waals surface area contributed by atoms with Gasteiger partial charge < -0.3 is 15.3 Å². The van der Waals surface area contributed by atoms with E-state index in [2.05, 4.69) is 0 Å². The van der Waals surface area contributed by atoms with Crippen molar-refractivity contribution in [1.29, 1.82) is 0 Å². The van der Waals surface area contributed by atoms with Crippen LogP contribution in [-0.4, -0.2) is 50.9 Å². The average molecular weight is 392 g/mol. The van der Waals surface area contributed by atoms with Gasteiger partial charge in [-0.05, 0) is 56.6 Å². The Kier molecular flexibility index (Phi) is 4.15. The Morgan fingerprint density at radius 2 is 2.00 bits per heavy atom. The van der Waals surface area contributed by atoms with Crippen LogP contribution >= 0.6 is 0 Å². The molecule has 0 spiro atoms. The van der Waals surface area contributed by atoms with E-state index >= 15 is 4.39 Å². The van der Waals surface area contributed by atoms with Crippen molar-refractivity contribution in [2.75, 3.05) is 6.61 Å². The first-order valence-electron chi connectivity index (χ1n) is 10.1. The van der Waals surface area contributed by atoms with Crippen molar-refractivity contribution in [3.8, 4) is 0 Å². The Bertz CT molecular complexity index is 805. The van der Waals surface area contributed by atoms with Gasteiger partial charge in [0.1, 0.15) is 12.2 Å². The topological polar surface area (TPSA) is 94.8 Å². The summed E-state index contributed by atoms with van der Waals surface area (Å²) < 4.78 is 16.9. The Morgan fingerprint density at radius 3 is 2.64 bits per heavy atom. The monoisotopic (exact) mass is 392 g/mol. The molecule has 4 aliphatic rings. The molecule has 4 rings (SSSR count). The second-order valence-electron chi connectivity index (χ2n) is 9.75. The minimum absolute atomic E-state index is 0.0676. The normalized spacial score (nSPS) is 52.5. The highest BCUT2D eigenvalue weighted by molar-refractivity contribution is 6.01. The highest BCUT2D eigenvalue weighted by Gasteiger charge is 2.75. The van der Waals surface area contributed by atoms with Gasteiger partial charge in [-0.2, -0.15) is 0 Å². The van der Waals surface area contributed by atoms with Crippen LogP contribution in [0.15, 0.2) is 23.8 Å². The van der Waals surface area contributed by atoms with E-state index < -0.39 is 52.4 Å². The van der Waals surface area contributed by atoms with E-state index in [1.54, 1.807) is 26.8 Å². The number of Topliss-reactive ketones (excluding diaryl/α,β-unsaturated/α-hetero) is 1. The third kappa shape index (κ3) is 2.01. The Hall–Kier alpha value is -1.37. The molecule has 0 saturated heterocycles. The molecule has 0 aromatic carbocycles. The maximum Gasteiger partial charge on any atom is 0.190 e. The van der Waals surface area contributed by atoms with Crippen molar-refractivity contribution in [2.24, 2.45) is 28.6 Å². The molecular formula is C22H29FO5. The zero-order chi connectivity index (χ0) is 20.7. The smallest absolute Gasteiger partial charge is 0.190 e. The lowest BCUT2D eigenvalue weighted by atomic mass is 9.44. The van der Waals surface area contributed by atoms with E-state index in [-0.39, 0.29) is 18.1 Å². The maximum atomic E-state index is 16.9. The molecule has 6 heteroatoms. The van der Waals surface area contributed by atoms with Crippen LogP contribution in [0.4, 0.5) is 4.39 Å². The Balaban J connectivity index is 1.84. The third-order valence-electron chi connectivity index (χ3n) is 8.79. The third-order valence-corrected chi connectivity index (χ3v) is 8.79. The van der Waals surface area contributed by atoms with E-state index in [0.717, 1.165) is 0 Å². The van der Waals surface area contributed by atoms with E-state index in [0.29, 0.717) is 24.8 Å². The van der Waals surface area contributed by atoms with Crippen molar-refractivity contribution in [3.05, 3.63) is 23.8 Å². The fourth-order valence-corrected chi connectivity index (χ4v) is 7.26. The summed E-state index contributed by atoms with van der Waals surface area (Å²) in [5.41, 5.74) is -5.17. The molecule has 0 radical (unpaired) electrons. The SMILES string of the molecule is C[C@@H]1C[C@@H]2[C@H]3CCC4=CC(=O)C=C[C@]4(C)[C@@]3(F)[C@@H](O)C[C@]2(C)[C@@]1(O)C(=O)CO. The largest absolute Gasteiger partial charge is 0.390 e. The summed E-state index contributed by atoms with van der Waals surface area (Å²) in [6, 6.07) is 0. The van der Waals surface area contributed by atoms with E-state index in [9.17, 15) is 24.9 Å². The summed E-state index contributed by atoms with van der Waals surface area (Å²) in [6.07, 6.45) is 4.44. The van der Waals surface area contributed by atoms with Gasteiger partial charge in [0.05, 0.1) is 6.10 Å². The molecule has 28 heavy (non-hydrogen) atoms. The lowest BCUT2D eigenvalue weighted by Crippen LogP contribution is -2.69. The van der Waals surface area contributed by atoms with Gasteiger partial charge in [0, 0.05) is 16.7 Å². The highest BCUT2D eigenvalue weighted by atomic mass is 19.1. The Labute approximate surface area is 164 Å². The summed E-state index contributed by atoms with van der Waals surface area (Å²) in [5, 5.41) is 32.0. The molecule has 3 N–H and O–H groups in total. The van der Waals surface area contributed by atoms with Gasteiger partial charge in [0.15, 0.2) is 17.2 Å². The number of carbonyl (C=O) groups is 2. The van der Waals surface area contributed by atoms with Gasteiger partial charge in [-0.3, -0.25) is 9.59 Å². The quantitative estimate of drug-likeness (QED) is 0.667. The lowest BCUT2D eigenvalue weighted by Gasteiger charge is -2.62. The highest BCUT2D eigenvalue weighted by Crippen LogP contribution is 2.70. The molecule has 0 unspecified atom stereocenters. The maximum absolute atomic E-state index is 16.9. The van der Waals surface area contributed by atoms with Crippen LogP contribution in [0.25, 0.3) is 0 Å². The number of aliphatic hydroxyl groups excluding tert-OH is 2. The number of hydrogen-bond donors (Lipinski definition) is 3. The number of hydrogen-bond acceptors (Lipinski definition) is 5. The molecular weight excluding hydrogens is 363 g/mol. The van der Waals surface area contributed by atoms with Crippen molar-refractivity contribution < 1.29 is 29.3 Å². The molecule has 0 aromatic rings. The van der Waals surface area contributed by atoms with Gasteiger partial charge in [0.25, 0.3) is 0 Å². The molecule has 3 saturated carbocycles. The summed E-state index contributed by atoms with van der Waals surface area (Å²) in [6.45, 7) is 4.48. The van der Waals surface area contributed by atoms with E-state index in [1.807, 2.05) is 0 Å². The number of ketones is 2. The van der Waals surface area contributed by atoms with Crippen molar-refractivity contribution in [3.63, 3.8) is 0 Å². The molecule has 0 amide bonds. The first-order chi connectivity index (χ1) is 13.0. The first-order valence-corrected chi connectivity index (χ1v) is 10.1. The summed E-state index contributed by atoms with van der Waals surface area (Å²) in [4.78, 5) is 24.4. The molecule has 4 aliphatic carbocycles. The predicted molar refractivity (Wildman–Crippen MR) is 99.9 cm³/mol. The van der Waals surface area contributed by atoms with Gasteiger partial charge >= 0.3 is 0 Å². The molecule has 3 fully saturated rings. The molecule has 154 valence electrons. The predicted octanol–water partition coefficient (Wildman–Crippen LogP) is 1.90. The lowest BCUT2D eigenvalue weighted by molar-refractivity contribution is -0.219. The molecule has 0 aliphatic heterocycles. The van der Waals surface area contributed by atoms with E-state index in [1.165, 1.54) is 12.2 Å². The molecule has 0 aromatic heterocycles. The van der Waals surface area contributed by atoms with Crippen LogP contribution in [0.2, 0.25) is 0 Å². The molecule has 8 atom stereocenters. The number of rotatable bonds is 2. The molecule has 0 heterocycles. The van der Waals surface area contributed by atoms with Crippen LogP contribution in [0, 0.1) is 28.6 Å². The number of alkyl halides is 1. The minimum Gasteiger partial charge on any atom is -0.390 e. The summed E-state index contributed by atoms with van der Waals surface area (Å²) >= 11 is 0. The Morgan fingerprint density at radius 1 is 1.32 bits per heavy atom. The zero-order valence-electron chi connectivity index (χ0n) is 16.6. The van der Waals surface area contributed by atoms with Crippen LogP contribution in [0.3, 0.4) is 0 Å². The number of halogens is 1. The second kappa shape index (κ2) is 5.83. The standard InChI is InChI=1S/C22H29FO5/c1-12-8-16-15-5-4-13-9-14(25)6-7-19(13,2)21(15,23)17(26)10-20(16,3)22(12,28)18(27)11-24/h6-7,9,12,15-17,24,26,28H,4-5,8,10-11H2,1-3H3/t12-,15-,16-,17+,19+,20+,21+,22+/m1/s1. The average Bonchev–Trinajstić information content (AvgIpc) is 2.84. The zero-order valence-corrected chi connectivity index (χ0v) is 16.6. The molecule has 0 bridgehead atoms. The van der Waals surface area contributed by atoms with Gasteiger partial charge in [-0.25, -0.2) is 4.39 Å². The van der Waals surface area contributed by atoms with E-state index in [4.69, 9.17) is 0 Å². The number of carbonyl (C=O) groups excluding carboxylic acids is 2. The van der Waals surface area contributed by atoms with Gasteiger partial charge in [-0.1, -0.05) is 25.5 Å². The van der Waals surface area contributed by atoms with Crippen molar-refractivity contribution >= 4 is 11.6 Å². The van der Waals surface area contributed by atoms with Crippen LogP contribution in [-0.2, 0) is 9.59 Å². The van der Waals surface area contributed by atoms with Gasteiger partial charge in [-0.15, -0.1) is 0 Å². The van der Waals surface area contributed by atoms with Crippen LogP contribution in [0.1, 0.15) is 46.5 Å². The first kappa shape index (κ1) is 19.9. The summed E-state index contributed by atoms with van der Waals surface area (Å²) in [5.74, 6) is -2.12. The van der Waals surface area contributed by atoms with Crippen molar-refractivity contribution in [1.82, 2.24) is 0 Å².